The molecule has 0 amide bonds. The van der Waals surface area contributed by atoms with Gasteiger partial charge in [-0.25, -0.2) is 0 Å². The van der Waals surface area contributed by atoms with Crippen LogP contribution in [0.25, 0.3) is 0 Å². The molecule has 4 atom stereocenters. The maximum Gasteiger partial charge on any atom is 0.109 e. The van der Waals surface area contributed by atoms with Crippen LogP contribution in [-0.4, -0.2) is 11.1 Å². The summed E-state index contributed by atoms with van der Waals surface area (Å²) < 4.78 is 5.79. The zero-order chi connectivity index (χ0) is 9.30. The fourth-order valence-corrected chi connectivity index (χ4v) is 2.14. The first kappa shape index (κ1) is 14.1. The maximum atomic E-state index is 5.79. The van der Waals surface area contributed by atoms with Crippen LogP contribution in [0.2, 0.25) is 0 Å². The Kier molecular flexibility index (Phi) is 6.39. The predicted octanol–water partition coefficient (Wildman–Crippen LogP) is 3.24. The van der Waals surface area contributed by atoms with Crippen LogP contribution in [0.15, 0.2) is 0 Å². The van der Waals surface area contributed by atoms with Crippen LogP contribution in [0.5, 0.6) is 0 Å². The van der Waals surface area contributed by atoms with Gasteiger partial charge in [-0.05, 0) is 11.8 Å². The van der Waals surface area contributed by atoms with Crippen molar-refractivity contribution in [1.82, 2.24) is 0 Å². The molecule has 1 heterocycles. The average molecular weight is 330 g/mol. The number of hydrogen-bond acceptors (Lipinski definition) is 1. The maximum absolute atomic E-state index is 5.79. The largest absolute Gasteiger partial charge is 0.395 e. The van der Waals surface area contributed by atoms with Crippen molar-refractivity contribution in [2.24, 2.45) is 17.8 Å². The van der Waals surface area contributed by atoms with Gasteiger partial charge < -0.3 is 4.74 Å². The molecule has 13 heavy (non-hydrogen) atoms. The standard InChI is InChI=1S/C10H18BrO.Mo/c1-6(2)9-5-7(3)8(4)10(11)12-9;/h5-10H,1-4H3;/q-1;/t7-,8+,9-,10-;/m0./s1. The first-order valence-electron chi connectivity index (χ1n) is 4.67. The van der Waals surface area contributed by atoms with E-state index in [4.69, 9.17) is 4.74 Å². The van der Waals surface area contributed by atoms with Crippen LogP contribution >= 0.6 is 15.9 Å². The van der Waals surface area contributed by atoms with E-state index in [0.29, 0.717) is 23.9 Å². The Morgan fingerprint density at radius 2 is 1.85 bits per heavy atom. The van der Waals surface area contributed by atoms with Crippen LogP contribution in [-0.2, 0) is 25.8 Å². The third kappa shape index (κ3) is 3.64. The van der Waals surface area contributed by atoms with E-state index in [9.17, 15) is 0 Å². The number of halogens is 1. The molecule has 1 rings (SSSR count). The van der Waals surface area contributed by atoms with E-state index in [2.05, 4.69) is 50.0 Å². The van der Waals surface area contributed by atoms with E-state index in [1.54, 1.807) is 0 Å². The number of hydrogen-bond donors (Lipinski definition) is 0. The van der Waals surface area contributed by atoms with Crippen molar-refractivity contribution in [2.75, 3.05) is 0 Å². The third-order valence-electron chi connectivity index (χ3n) is 2.68. The second-order valence-electron chi connectivity index (χ2n) is 4.11. The fourth-order valence-electron chi connectivity index (χ4n) is 1.41. The molecule has 0 aromatic rings. The van der Waals surface area contributed by atoms with Crippen LogP contribution in [0.1, 0.15) is 27.7 Å². The van der Waals surface area contributed by atoms with Gasteiger partial charge in [-0.3, -0.25) is 6.42 Å². The molecule has 0 aromatic carbocycles. The molecule has 0 bridgehead atoms. The molecule has 0 unspecified atom stereocenters. The van der Waals surface area contributed by atoms with E-state index in [-0.39, 0.29) is 26.1 Å². The Labute approximate surface area is 104 Å². The van der Waals surface area contributed by atoms with Crippen molar-refractivity contribution in [3.05, 3.63) is 6.42 Å². The van der Waals surface area contributed by atoms with E-state index >= 15 is 0 Å². The summed E-state index contributed by atoms with van der Waals surface area (Å²) in [6, 6.07) is 0. The summed E-state index contributed by atoms with van der Waals surface area (Å²) in [7, 11) is 0. The summed E-state index contributed by atoms with van der Waals surface area (Å²) in [4.78, 5) is 0. The van der Waals surface area contributed by atoms with Crippen molar-refractivity contribution < 1.29 is 25.8 Å². The smallest absolute Gasteiger partial charge is 0.109 e. The van der Waals surface area contributed by atoms with Crippen molar-refractivity contribution in [3.8, 4) is 0 Å². The molecular formula is C10H18BrMoO-. The summed E-state index contributed by atoms with van der Waals surface area (Å²) >= 11 is 3.56. The van der Waals surface area contributed by atoms with Crippen molar-refractivity contribution in [2.45, 2.75) is 38.8 Å². The van der Waals surface area contributed by atoms with Gasteiger partial charge in [-0.1, -0.05) is 49.7 Å². The third-order valence-corrected chi connectivity index (χ3v) is 3.73. The Morgan fingerprint density at radius 3 is 2.23 bits per heavy atom. The van der Waals surface area contributed by atoms with Gasteiger partial charge in [-0.15, -0.1) is 0 Å². The van der Waals surface area contributed by atoms with Gasteiger partial charge in [0.25, 0.3) is 0 Å². The minimum absolute atomic E-state index is 0. The second-order valence-corrected chi connectivity index (χ2v) is 5.01. The number of alkyl halides is 1. The molecule has 0 saturated carbocycles. The monoisotopic (exact) mass is 331 g/mol. The Balaban J connectivity index is 0.00000144. The fraction of sp³-hybridized carbons (Fsp3) is 0.900. The molecule has 0 N–H and O–H groups in total. The first-order chi connectivity index (χ1) is 5.52. The molecule has 1 fully saturated rings. The summed E-state index contributed by atoms with van der Waals surface area (Å²) in [6.07, 6.45) is 2.65. The van der Waals surface area contributed by atoms with Crippen LogP contribution in [0.4, 0.5) is 0 Å². The van der Waals surface area contributed by atoms with E-state index < -0.39 is 0 Å². The van der Waals surface area contributed by atoms with Gasteiger partial charge >= 0.3 is 0 Å². The van der Waals surface area contributed by atoms with Crippen LogP contribution in [0, 0.1) is 24.2 Å². The number of ether oxygens (including phenoxy) is 1. The normalized spacial score (nSPS) is 40.2. The summed E-state index contributed by atoms with van der Waals surface area (Å²) in [5.41, 5.74) is 0. The molecule has 3 heteroatoms. The van der Waals surface area contributed by atoms with Crippen LogP contribution in [0.3, 0.4) is 0 Å². The molecule has 0 radical (unpaired) electrons. The van der Waals surface area contributed by atoms with Gasteiger partial charge in [-0.2, -0.15) is 5.92 Å². The van der Waals surface area contributed by atoms with Gasteiger partial charge in [0.05, 0.1) is 0 Å². The zero-order valence-electron chi connectivity index (χ0n) is 8.66. The van der Waals surface area contributed by atoms with Gasteiger partial charge in [0.15, 0.2) is 0 Å². The van der Waals surface area contributed by atoms with E-state index in [1.807, 2.05) is 0 Å². The molecule has 1 saturated heterocycles. The van der Waals surface area contributed by atoms with E-state index in [1.165, 1.54) is 0 Å². The van der Waals surface area contributed by atoms with Gasteiger partial charge in [0, 0.05) is 21.1 Å². The molecular weight excluding hydrogens is 312 g/mol. The molecule has 1 nitrogen and oxygen atoms in total. The molecule has 1 aliphatic rings. The van der Waals surface area contributed by atoms with Gasteiger partial charge in [0.1, 0.15) is 5.01 Å². The average Bonchev–Trinajstić information content (AvgIpc) is 1.99. The number of rotatable bonds is 1. The first-order valence-corrected chi connectivity index (χ1v) is 5.58. The van der Waals surface area contributed by atoms with Crippen molar-refractivity contribution in [3.63, 3.8) is 0 Å². The molecule has 0 aliphatic carbocycles. The molecule has 1 aliphatic heterocycles. The molecule has 78 valence electrons. The summed E-state index contributed by atoms with van der Waals surface area (Å²) in [5, 5.41) is 0.227. The molecule has 0 aromatic heterocycles. The minimum Gasteiger partial charge on any atom is -0.395 e. The molecule has 0 spiro atoms. The van der Waals surface area contributed by atoms with Gasteiger partial charge in [0.2, 0.25) is 0 Å². The Hall–Kier alpha value is 1.13. The predicted molar refractivity (Wildman–Crippen MR) is 55.1 cm³/mol. The Bertz CT molecular complexity index is 140. The minimum atomic E-state index is 0. The second kappa shape index (κ2) is 5.88. The van der Waals surface area contributed by atoms with Crippen LogP contribution < -0.4 is 0 Å². The summed E-state index contributed by atoms with van der Waals surface area (Å²) in [5.74, 6) is 1.82. The SMILES string of the molecule is CC(C)[C@@H]1[CH-][C@H](C)[C@@H](C)[C@@H](Br)O1.[Mo]. The Morgan fingerprint density at radius 1 is 1.31 bits per heavy atom. The summed E-state index contributed by atoms with van der Waals surface area (Å²) in [6.45, 7) is 8.88. The van der Waals surface area contributed by atoms with E-state index in [0.717, 1.165) is 0 Å². The quantitative estimate of drug-likeness (QED) is 0.407. The topological polar surface area (TPSA) is 9.23 Å². The van der Waals surface area contributed by atoms with Crippen molar-refractivity contribution in [1.29, 1.82) is 0 Å². The van der Waals surface area contributed by atoms with Crippen molar-refractivity contribution >= 4 is 15.9 Å². The zero-order valence-corrected chi connectivity index (χ0v) is 12.3.